The number of aromatic nitrogens is 3. The molecule has 3 nitrogen and oxygen atoms in total. The molecule has 0 atom stereocenters. The summed E-state index contributed by atoms with van der Waals surface area (Å²) in [7, 11) is 0. The van der Waals surface area contributed by atoms with Gasteiger partial charge in [-0.1, -0.05) is 11.6 Å². The summed E-state index contributed by atoms with van der Waals surface area (Å²) in [5, 5.41) is 0.660. The van der Waals surface area contributed by atoms with Gasteiger partial charge in [-0.2, -0.15) is 0 Å². The van der Waals surface area contributed by atoms with E-state index >= 15 is 0 Å². The molecule has 3 rings (SSSR count). The maximum atomic E-state index is 6.04. The summed E-state index contributed by atoms with van der Waals surface area (Å²) in [4.78, 5) is 9.42. The molecule has 0 aliphatic rings. The number of rotatable bonds is 1. The minimum absolute atomic E-state index is 0.660. The number of imidazole rings is 1. The molecule has 3 aromatic heterocycles. The van der Waals surface area contributed by atoms with Gasteiger partial charge < -0.3 is 0 Å². The number of hydrogen-bond acceptors (Lipinski definition) is 3. The van der Waals surface area contributed by atoms with Gasteiger partial charge in [0.05, 0.1) is 27.3 Å². The van der Waals surface area contributed by atoms with E-state index in [1.54, 1.807) is 16.8 Å². The van der Waals surface area contributed by atoms with Gasteiger partial charge >= 0.3 is 0 Å². The van der Waals surface area contributed by atoms with E-state index in [9.17, 15) is 0 Å². The lowest BCUT2D eigenvalue weighted by molar-refractivity contribution is 1.19. The van der Waals surface area contributed by atoms with Crippen LogP contribution < -0.4 is 0 Å². The molecule has 0 saturated heterocycles. The Hall–Kier alpha value is -1.39. The first-order chi connectivity index (χ1) is 7.36. The van der Waals surface area contributed by atoms with Gasteiger partial charge in [0.2, 0.25) is 0 Å². The molecule has 0 spiro atoms. The zero-order valence-corrected chi connectivity index (χ0v) is 9.16. The van der Waals surface area contributed by atoms with E-state index in [1.165, 1.54) is 0 Å². The normalized spacial score (nSPS) is 11.0. The van der Waals surface area contributed by atoms with Crippen molar-refractivity contribution in [1.29, 1.82) is 0 Å². The lowest BCUT2D eigenvalue weighted by atomic mass is 10.4. The van der Waals surface area contributed by atoms with Crippen molar-refractivity contribution in [2.75, 3.05) is 0 Å². The molecule has 5 heteroatoms. The van der Waals surface area contributed by atoms with Crippen LogP contribution in [0.15, 0.2) is 36.2 Å². The lowest BCUT2D eigenvalue weighted by Crippen LogP contribution is -1.86. The Kier molecular flexibility index (Phi) is 1.97. The highest BCUT2D eigenvalue weighted by Crippen LogP contribution is 2.26. The zero-order valence-electron chi connectivity index (χ0n) is 7.59. The highest BCUT2D eigenvalue weighted by molar-refractivity contribution is 7.13. The summed E-state index contributed by atoms with van der Waals surface area (Å²) < 4.78 is 1.97. The van der Waals surface area contributed by atoms with Crippen LogP contribution in [0.4, 0.5) is 0 Å². The molecule has 3 aromatic rings. The molecule has 0 aliphatic carbocycles. The van der Waals surface area contributed by atoms with Crippen molar-refractivity contribution in [1.82, 2.24) is 14.4 Å². The first-order valence-corrected chi connectivity index (χ1v) is 5.62. The van der Waals surface area contributed by atoms with Crippen LogP contribution >= 0.6 is 22.9 Å². The third kappa shape index (κ3) is 1.33. The summed E-state index contributed by atoms with van der Waals surface area (Å²) in [6.07, 6.45) is 5.59. The van der Waals surface area contributed by atoms with E-state index in [4.69, 9.17) is 11.6 Å². The quantitative estimate of drug-likeness (QED) is 0.649. The Morgan fingerprint density at radius 3 is 3.07 bits per heavy atom. The molecular weight excluding hydrogens is 230 g/mol. The van der Waals surface area contributed by atoms with Crippen molar-refractivity contribution in [3.05, 3.63) is 41.3 Å². The number of fused-ring (bicyclic) bond motifs is 1. The van der Waals surface area contributed by atoms with Gasteiger partial charge in [-0.15, -0.1) is 11.3 Å². The van der Waals surface area contributed by atoms with Gasteiger partial charge in [0.1, 0.15) is 0 Å². The van der Waals surface area contributed by atoms with Crippen LogP contribution in [0, 0.1) is 0 Å². The molecule has 74 valence electrons. The number of pyridine rings is 1. The minimum Gasteiger partial charge on any atom is -0.298 e. The third-order valence-electron chi connectivity index (χ3n) is 2.17. The largest absolute Gasteiger partial charge is 0.298 e. The Balaban J connectivity index is 2.34. The molecule has 15 heavy (non-hydrogen) atoms. The maximum Gasteiger partial charge on any atom is 0.156 e. The zero-order chi connectivity index (χ0) is 10.3. The molecule has 0 radical (unpaired) electrons. The van der Waals surface area contributed by atoms with E-state index in [2.05, 4.69) is 9.97 Å². The Labute approximate surface area is 95.0 Å². The topological polar surface area (TPSA) is 30.2 Å². The molecule has 0 N–H and O–H groups in total. The Bertz CT molecular complexity index is 600. The van der Waals surface area contributed by atoms with E-state index in [0.717, 1.165) is 16.2 Å². The van der Waals surface area contributed by atoms with E-state index in [-0.39, 0.29) is 0 Å². The molecule has 0 aromatic carbocycles. The van der Waals surface area contributed by atoms with Crippen LogP contribution in [0.3, 0.4) is 0 Å². The average molecular weight is 236 g/mol. The van der Waals surface area contributed by atoms with Crippen LogP contribution in [0.2, 0.25) is 5.02 Å². The number of nitrogens with zero attached hydrogens (tertiary/aromatic N) is 3. The molecule has 0 amide bonds. The molecule has 0 fully saturated rings. The minimum atomic E-state index is 0.660. The van der Waals surface area contributed by atoms with Gasteiger partial charge in [-0.25, -0.2) is 4.98 Å². The average Bonchev–Trinajstić information content (AvgIpc) is 2.85. The third-order valence-corrected chi connectivity index (χ3v) is 3.26. The van der Waals surface area contributed by atoms with Crippen LogP contribution in [0.1, 0.15) is 0 Å². The molecule has 3 heterocycles. The fraction of sp³-hybridized carbons (Fsp3) is 0. The van der Waals surface area contributed by atoms with Crippen LogP contribution in [0.25, 0.3) is 16.2 Å². The molecule has 0 bridgehead atoms. The van der Waals surface area contributed by atoms with Crippen LogP contribution in [-0.2, 0) is 0 Å². The predicted molar refractivity (Wildman–Crippen MR) is 61.3 cm³/mol. The lowest BCUT2D eigenvalue weighted by Gasteiger charge is -1.98. The van der Waals surface area contributed by atoms with E-state index in [0.29, 0.717) is 5.02 Å². The monoisotopic (exact) mass is 235 g/mol. The van der Waals surface area contributed by atoms with Crippen molar-refractivity contribution < 1.29 is 0 Å². The highest BCUT2D eigenvalue weighted by atomic mass is 35.5. The summed E-state index contributed by atoms with van der Waals surface area (Å²) in [6.45, 7) is 0. The Morgan fingerprint density at radius 2 is 2.27 bits per heavy atom. The summed E-state index contributed by atoms with van der Waals surface area (Å²) in [5.74, 6) is 0. The summed E-state index contributed by atoms with van der Waals surface area (Å²) in [6, 6.07) is 3.74. The second-order valence-corrected chi connectivity index (χ2v) is 4.35. The highest BCUT2D eigenvalue weighted by Gasteiger charge is 2.08. The first kappa shape index (κ1) is 8.88. The maximum absolute atomic E-state index is 6.04. The van der Waals surface area contributed by atoms with Gasteiger partial charge in [0, 0.05) is 12.4 Å². The van der Waals surface area contributed by atoms with Gasteiger partial charge in [0.15, 0.2) is 5.65 Å². The van der Waals surface area contributed by atoms with Crippen molar-refractivity contribution >= 4 is 28.6 Å². The second-order valence-electron chi connectivity index (χ2n) is 3.06. The predicted octanol–water partition coefficient (Wildman–Crippen LogP) is 3.11. The van der Waals surface area contributed by atoms with Crippen molar-refractivity contribution in [3.8, 4) is 10.6 Å². The molecule has 0 saturated carbocycles. The van der Waals surface area contributed by atoms with E-state index < -0.39 is 0 Å². The standard InChI is InChI=1S/C10H6ClN3S/c11-7-2-1-3-14-8(4-13-10(7)14)9-5-12-6-15-9/h1-6H. The fourth-order valence-corrected chi connectivity index (χ4v) is 2.34. The summed E-state index contributed by atoms with van der Waals surface area (Å²) in [5.41, 5.74) is 3.61. The number of hydrogen-bond donors (Lipinski definition) is 0. The van der Waals surface area contributed by atoms with Gasteiger partial charge in [0.25, 0.3) is 0 Å². The van der Waals surface area contributed by atoms with Crippen molar-refractivity contribution in [2.45, 2.75) is 0 Å². The Morgan fingerprint density at radius 1 is 1.33 bits per heavy atom. The van der Waals surface area contributed by atoms with Crippen molar-refractivity contribution in [3.63, 3.8) is 0 Å². The van der Waals surface area contributed by atoms with Crippen LogP contribution in [-0.4, -0.2) is 14.4 Å². The number of halogens is 1. The van der Waals surface area contributed by atoms with Gasteiger partial charge in [-0.05, 0) is 12.1 Å². The summed E-state index contributed by atoms with van der Waals surface area (Å²) >= 11 is 7.62. The first-order valence-electron chi connectivity index (χ1n) is 4.37. The number of thiazole rings is 1. The molecule has 0 unspecified atom stereocenters. The van der Waals surface area contributed by atoms with E-state index in [1.807, 2.05) is 35.1 Å². The molecular formula is C10H6ClN3S. The second kappa shape index (κ2) is 3.32. The van der Waals surface area contributed by atoms with Gasteiger partial charge in [-0.3, -0.25) is 9.38 Å². The van der Waals surface area contributed by atoms with Crippen molar-refractivity contribution in [2.24, 2.45) is 0 Å². The van der Waals surface area contributed by atoms with Crippen LogP contribution in [0.5, 0.6) is 0 Å². The fourth-order valence-electron chi connectivity index (χ4n) is 1.50. The smallest absolute Gasteiger partial charge is 0.156 e. The molecule has 0 aliphatic heterocycles. The SMILES string of the molecule is Clc1cccn2c(-c3cncs3)cnc12.